The van der Waals surface area contributed by atoms with Crippen molar-refractivity contribution in [3.8, 4) is 0 Å². The molecule has 0 aliphatic carbocycles. The van der Waals surface area contributed by atoms with E-state index in [9.17, 15) is 13.2 Å². The van der Waals surface area contributed by atoms with Gasteiger partial charge in [0.05, 0.1) is 6.20 Å². The van der Waals surface area contributed by atoms with E-state index in [-0.39, 0.29) is 21.2 Å². The van der Waals surface area contributed by atoms with Crippen LogP contribution < -0.4 is 5.32 Å². The van der Waals surface area contributed by atoms with Crippen LogP contribution in [0.3, 0.4) is 0 Å². The van der Waals surface area contributed by atoms with E-state index in [0.717, 1.165) is 11.3 Å². The highest BCUT2D eigenvalue weighted by Crippen LogP contribution is 2.32. The molecule has 9 nitrogen and oxygen atoms in total. The standard InChI is InChI=1S/C11H13N5O4S2/c1-7(17)14-11-12-4-9(21-11)22(18,19)16-3-2-8(5-16)10-13-6-20-15-10/h4,6,8H,2-3,5H2,1H3,(H,12,14,17)/t8-/m1/s1. The zero-order valence-electron chi connectivity index (χ0n) is 11.6. The normalized spacial score (nSPS) is 19.4. The fourth-order valence-electron chi connectivity index (χ4n) is 2.23. The summed E-state index contributed by atoms with van der Waals surface area (Å²) in [4.78, 5) is 18.8. The average molecular weight is 343 g/mol. The Morgan fingerprint density at radius 1 is 1.50 bits per heavy atom. The highest BCUT2D eigenvalue weighted by Gasteiger charge is 2.36. The molecule has 118 valence electrons. The van der Waals surface area contributed by atoms with Gasteiger partial charge in [0.25, 0.3) is 10.0 Å². The van der Waals surface area contributed by atoms with Gasteiger partial charge in [0.1, 0.15) is 0 Å². The zero-order valence-corrected chi connectivity index (χ0v) is 13.2. The molecule has 0 spiro atoms. The molecule has 0 bridgehead atoms. The number of carbonyl (C=O) groups is 1. The van der Waals surface area contributed by atoms with Crippen molar-refractivity contribution >= 4 is 32.4 Å². The topological polar surface area (TPSA) is 118 Å². The summed E-state index contributed by atoms with van der Waals surface area (Å²) in [6, 6.07) is 0. The van der Waals surface area contributed by atoms with Crippen LogP contribution >= 0.6 is 11.3 Å². The molecule has 1 N–H and O–H groups in total. The SMILES string of the molecule is CC(=O)Nc1ncc(S(=O)(=O)N2CC[C@@H](c3ncon3)C2)s1. The number of sulfonamides is 1. The Kier molecular flexibility index (Phi) is 3.93. The monoisotopic (exact) mass is 343 g/mol. The zero-order chi connectivity index (χ0) is 15.7. The largest absolute Gasteiger partial charge is 0.343 e. The summed E-state index contributed by atoms with van der Waals surface area (Å²) in [5.41, 5.74) is 0. The van der Waals surface area contributed by atoms with Gasteiger partial charge in [-0.2, -0.15) is 9.29 Å². The third-order valence-electron chi connectivity index (χ3n) is 3.26. The summed E-state index contributed by atoms with van der Waals surface area (Å²) in [6.07, 6.45) is 3.12. The van der Waals surface area contributed by atoms with E-state index in [1.54, 1.807) is 0 Å². The highest BCUT2D eigenvalue weighted by molar-refractivity contribution is 7.91. The van der Waals surface area contributed by atoms with Crippen molar-refractivity contribution < 1.29 is 17.7 Å². The third kappa shape index (κ3) is 2.87. The molecular weight excluding hydrogens is 330 g/mol. The number of hydrogen-bond donors (Lipinski definition) is 1. The van der Waals surface area contributed by atoms with Gasteiger partial charge in [-0.15, -0.1) is 0 Å². The van der Waals surface area contributed by atoms with E-state index >= 15 is 0 Å². The number of hydrogen-bond acceptors (Lipinski definition) is 8. The lowest BCUT2D eigenvalue weighted by molar-refractivity contribution is -0.114. The predicted octanol–water partition coefficient (Wildman–Crippen LogP) is 0.663. The number of anilines is 1. The summed E-state index contributed by atoms with van der Waals surface area (Å²) in [7, 11) is -3.63. The lowest BCUT2D eigenvalue weighted by Crippen LogP contribution is -2.28. The van der Waals surface area contributed by atoms with Gasteiger partial charge in [-0.3, -0.25) is 4.79 Å². The van der Waals surface area contributed by atoms with Crippen molar-refractivity contribution in [2.75, 3.05) is 18.4 Å². The van der Waals surface area contributed by atoms with Crippen molar-refractivity contribution in [3.05, 3.63) is 18.4 Å². The Balaban J connectivity index is 1.76. The molecule has 1 saturated heterocycles. The van der Waals surface area contributed by atoms with Gasteiger partial charge >= 0.3 is 0 Å². The van der Waals surface area contributed by atoms with Gasteiger partial charge in [0.2, 0.25) is 12.3 Å². The fourth-order valence-corrected chi connectivity index (χ4v) is 4.96. The Bertz CT molecular complexity index is 770. The Hall–Kier alpha value is -1.85. The number of nitrogens with one attached hydrogen (secondary N) is 1. The summed E-state index contributed by atoms with van der Waals surface area (Å²) in [5, 5.41) is 6.50. The van der Waals surface area contributed by atoms with Gasteiger partial charge in [-0.25, -0.2) is 13.4 Å². The molecule has 0 radical (unpaired) electrons. The van der Waals surface area contributed by atoms with Crippen LogP contribution in [0.2, 0.25) is 0 Å². The Labute approximate surface area is 130 Å². The molecule has 11 heteroatoms. The molecule has 1 aliphatic rings. The summed E-state index contributed by atoms with van der Waals surface area (Å²) < 4.78 is 31.3. The van der Waals surface area contributed by atoms with Crippen molar-refractivity contribution in [2.24, 2.45) is 0 Å². The maximum absolute atomic E-state index is 12.6. The quantitative estimate of drug-likeness (QED) is 0.866. The number of rotatable bonds is 4. The summed E-state index contributed by atoms with van der Waals surface area (Å²) >= 11 is 0.931. The lowest BCUT2D eigenvalue weighted by atomic mass is 10.1. The Morgan fingerprint density at radius 2 is 2.32 bits per heavy atom. The molecule has 1 atom stereocenters. The van der Waals surface area contributed by atoms with E-state index in [0.29, 0.717) is 25.3 Å². The van der Waals surface area contributed by atoms with Crippen LogP contribution in [-0.2, 0) is 14.8 Å². The predicted molar refractivity (Wildman–Crippen MR) is 76.8 cm³/mol. The van der Waals surface area contributed by atoms with Crippen LogP contribution in [-0.4, -0.2) is 46.8 Å². The first kappa shape index (κ1) is 15.1. The van der Waals surface area contributed by atoms with Crippen LogP contribution in [0, 0.1) is 0 Å². The number of carbonyl (C=O) groups excluding carboxylic acids is 1. The second-order valence-electron chi connectivity index (χ2n) is 4.80. The van der Waals surface area contributed by atoms with Gasteiger partial charge in [0, 0.05) is 25.9 Å². The molecule has 0 saturated carbocycles. The smallest absolute Gasteiger partial charge is 0.254 e. The molecule has 22 heavy (non-hydrogen) atoms. The maximum atomic E-state index is 12.6. The van der Waals surface area contributed by atoms with Crippen LogP contribution in [0.25, 0.3) is 0 Å². The Morgan fingerprint density at radius 3 is 3.00 bits per heavy atom. The van der Waals surface area contributed by atoms with Crippen LogP contribution in [0.5, 0.6) is 0 Å². The van der Waals surface area contributed by atoms with Crippen LogP contribution in [0.4, 0.5) is 5.13 Å². The summed E-state index contributed by atoms with van der Waals surface area (Å²) in [6.45, 7) is 2.02. The van der Waals surface area contributed by atoms with Crippen molar-refractivity contribution in [2.45, 2.75) is 23.5 Å². The van der Waals surface area contributed by atoms with E-state index in [1.807, 2.05) is 0 Å². The highest BCUT2D eigenvalue weighted by atomic mass is 32.2. The second-order valence-corrected chi connectivity index (χ2v) is 8.00. The van der Waals surface area contributed by atoms with Crippen molar-refractivity contribution in [1.29, 1.82) is 0 Å². The third-order valence-corrected chi connectivity index (χ3v) is 6.47. The second kappa shape index (κ2) is 5.74. The lowest BCUT2D eigenvalue weighted by Gasteiger charge is -2.13. The minimum atomic E-state index is -3.63. The number of amides is 1. The molecule has 1 aliphatic heterocycles. The molecule has 3 heterocycles. The van der Waals surface area contributed by atoms with E-state index in [1.165, 1.54) is 23.8 Å². The first-order valence-electron chi connectivity index (χ1n) is 6.46. The molecule has 0 unspecified atom stereocenters. The van der Waals surface area contributed by atoms with Crippen LogP contribution in [0.1, 0.15) is 25.1 Å². The minimum absolute atomic E-state index is 0.0729. The first-order valence-corrected chi connectivity index (χ1v) is 8.72. The van der Waals surface area contributed by atoms with Gasteiger partial charge in [0.15, 0.2) is 15.2 Å². The number of thiazole rings is 1. The van der Waals surface area contributed by atoms with Crippen molar-refractivity contribution in [3.63, 3.8) is 0 Å². The molecule has 2 aromatic rings. The van der Waals surface area contributed by atoms with E-state index in [2.05, 4.69) is 20.4 Å². The number of nitrogens with zero attached hydrogens (tertiary/aromatic N) is 4. The summed E-state index contributed by atoms with van der Waals surface area (Å²) in [5.74, 6) is 0.147. The van der Waals surface area contributed by atoms with E-state index < -0.39 is 10.0 Å². The van der Waals surface area contributed by atoms with Gasteiger partial charge in [-0.05, 0) is 6.42 Å². The van der Waals surface area contributed by atoms with Gasteiger partial charge < -0.3 is 9.84 Å². The number of aromatic nitrogens is 3. The van der Waals surface area contributed by atoms with E-state index in [4.69, 9.17) is 4.52 Å². The maximum Gasteiger partial charge on any atom is 0.254 e. The molecule has 3 rings (SSSR count). The fraction of sp³-hybridized carbons (Fsp3) is 0.455. The molecule has 0 aromatic carbocycles. The molecule has 1 fully saturated rings. The first-order chi connectivity index (χ1) is 10.5. The molecule has 2 aromatic heterocycles. The minimum Gasteiger partial charge on any atom is -0.343 e. The molecule has 1 amide bonds. The van der Waals surface area contributed by atoms with Gasteiger partial charge in [-0.1, -0.05) is 16.5 Å². The van der Waals surface area contributed by atoms with Crippen LogP contribution in [0.15, 0.2) is 21.3 Å². The molecular formula is C11H13N5O4S2. The average Bonchev–Trinajstić information content (AvgIpc) is 3.19. The van der Waals surface area contributed by atoms with Crippen molar-refractivity contribution in [1.82, 2.24) is 19.4 Å².